The van der Waals surface area contributed by atoms with Crippen LogP contribution in [-0.2, 0) is 9.53 Å². The van der Waals surface area contributed by atoms with E-state index in [1.54, 1.807) is 54.7 Å². The van der Waals surface area contributed by atoms with Gasteiger partial charge in [-0.25, -0.2) is 9.18 Å². The van der Waals surface area contributed by atoms with Crippen LogP contribution in [0.15, 0.2) is 71.7 Å². The van der Waals surface area contributed by atoms with Crippen LogP contribution in [0, 0.1) is 5.82 Å². The molecule has 1 N–H and O–H groups in total. The van der Waals surface area contributed by atoms with Gasteiger partial charge in [-0.2, -0.15) is 0 Å². The number of anilines is 1. The Kier molecular flexibility index (Phi) is 7.35. The zero-order valence-electron chi connectivity index (χ0n) is 16.5. The predicted octanol–water partition coefficient (Wildman–Crippen LogP) is 5.03. The molecule has 0 atom stereocenters. The number of methoxy groups -OCH3 is 1. The van der Waals surface area contributed by atoms with Crippen LogP contribution in [0.4, 0.5) is 15.8 Å². The molecule has 8 heteroatoms. The third-order valence-corrected chi connectivity index (χ3v) is 4.41. The van der Waals surface area contributed by atoms with Crippen molar-refractivity contribution >= 4 is 41.1 Å². The van der Waals surface area contributed by atoms with Crippen LogP contribution in [0.1, 0.15) is 15.9 Å². The molecule has 0 heterocycles. The van der Waals surface area contributed by atoms with Gasteiger partial charge in [-0.15, -0.1) is 0 Å². The Morgan fingerprint density at radius 1 is 1.10 bits per heavy atom. The van der Waals surface area contributed by atoms with Gasteiger partial charge in [0.1, 0.15) is 11.6 Å². The van der Waals surface area contributed by atoms with Crippen LogP contribution in [-0.4, -0.2) is 31.8 Å². The molecule has 3 aromatic rings. The highest BCUT2D eigenvalue weighted by molar-refractivity contribution is 6.32. The van der Waals surface area contributed by atoms with Gasteiger partial charge in [0.15, 0.2) is 6.61 Å². The summed E-state index contributed by atoms with van der Waals surface area (Å²) in [5, 5.41) is 2.73. The number of amides is 1. The maximum Gasteiger partial charge on any atom is 0.337 e. The van der Waals surface area contributed by atoms with Gasteiger partial charge >= 0.3 is 5.97 Å². The fourth-order valence-corrected chi connectivity index (χ4v) is 2.80. The monoisotopic (exact) mass is 440 g/mol. The minimum Gasteiger partial charge on any atom is -0.482 e. The maximum atomic E-state index is 13.6. The summed E-state index contributed by atoms with van der Waals surface area (Å²) in [6.07, 6.45) is 1.60. The Morgan fingerprint density at radius 3 is 2.52 bits per heavy atom. The second-order valence-corrected chi connectivity index (χ2v) is 6.71. The minimum absolute atomic E-state index is 0.0772. The van der Waals surface area contributed by atoms with E-state index in [4.69, 9.17) is 16.3 Å². The molecule has 0 fully saturated rings. The third kappa shape index (κ3) is 6.13. The fourth-order valence-electron chi connectivity index (χ4n) is 2.56. The number of carbonyl (C=O) groups is 2. The molecular weight excluding hydrogens is 423 g/mol. The molecule has 158 valence electrons. The van der Waals surface area contributed by atoms with E-state index < -0.39 is 17.7 Å². The number of esters is 1. The van der Waals surface area contributed by atoms with E-state index in [1.807, 2.05) is 0 Å². The molecule has 0 aliphatic carbocycles. The zero-order chi connectivity index (χ0) is 22.2. The molecule has 0 radical (unpaired) electrons. The van der Waals surface area contributed by atoms with Crippen molar-refractivity contribution in [3.05, 3.63) is 88.7 Å². The molecule has 3 aromatic carbocycles. The Morgan fingerprint density at radius 2 is 1.84 bits per heavy atom. The number of aliphatic imine (C=N–C) groups is 1. The molecule has 1 amide bonds. The van der Waals surface area contributed by atoms with Crippen LogP contribution >= 0.6 is 11.6 Å². The predicted molar refractivity (Wildman–Crippen MR) is 117 cm³/mol. The molecular formula is C23H18ClFN2O4. The number of nitrogens with zero attached hydrogens (tertiary/aromatic N) is 1. The highest BCUT2D eigenvalue weighted by Crippen LogP contribution is 2.25. The number of rotatable bonds is 7. The largest absolute Gasteiger partial charge is 0.482 e. The summed E-state index contributed by atoms with van der Waals surface area (Å²) in [6.45, 7) is -0.325. The van der Waals surface area contributed by atoms with E-state index in [-0.39, 0.29) is 12.3 Å². The first-order valence-corrected chi connectivity index (χ1v) is 9.53. The molecule has 0 aromatic heterocycles. The lowest BCUT2D eigenvalue weighted by Crippen LogP contribution is -2.20. The van der Waals surface area contributed by atoms with Crippen molar-refractivity contribution in [2.24, 2.45) is 4.99 Å². The van der Waals surface area contributed by atoms with Crippen molar-refractivity contribution in [3.8, 4) is 5.75 Å². The number of hydrogen-bond donors (Lipinski definition) is 1. The number of ether oxygens (including phenoxy) is 2. The second kappa shape index (κ2) is 10.4. The molecule has 3 rings (SSSR count). The maximum absolute atomic E-state index is 13.6. The standard InChI is InChI=1S/C23H18ClFN2O4/c1-30-23(29)16-7-9-17(10-8-16)26-13-15-6-11-21(18(24)12-15)31-14-22(28)27-20-5-3-2-4-19(20)25/h2-13H,14H2,1H3,(H,27,28). The van der Waals surface area contributed by atoms with Crippen molar-refractivity contribution in [1.82, 2.24) is 0 Å². The van der Waals surface area contributed by atoms with Gasteiger partial charge in [0.05, 0.1) is 29.1 Å². The minimum atomic E-state index is -0.530. The highest BCUT2D eigenvalue weighted by Gasteiger charge is 2.09. The molecule has 6 nitrogen and oxygen atoms in total. The van der Waals surface area contributed by atoms with E-state index in [2.05, 4.69) is 15.0 Å². The van der Waals surface area contributed by atoms with Gasteiger partial charge < -0.3 is 14.8 Å². The molecule has 0 saturated carbocycles. The number of carbonyl (C=O) groups excluding carboxylic acids is 2. The van der Waals surface area contributed by atoms with Crippen molar-refractivity contribution < 1.29 is 23.5 Å². The van der Waals surface area contributed by atoms with E-state index in [9.17, 15) is 14.0 Å². The summed E-state index contributed by atoms with van der Waals surface area (Å²) in [5.41, 5.74) is 1.87. The lowest BCUT2D eigenvalue weighted by atomic mass is 10.2. The number of benzene rings is 3. The van der Waals surface area contributed by atoms with Crippen molar-refractivity contribution in [3.63, 3.8) is 0 Å². The van der Waals surface area contributed by atoms with Gasteiger partial charge in [-0.05, 0) is 60.2 Å². The Hall–Kier alpha value is -3.71. The summed E-state index contributed by atoms with van der Waals surface area (Å²) in [7, 11) is 1.32. The summed E-state index contributed by atoms with van der Waals surface area (Å²) in [6, 6.07) is 17.4. The van der Waals surface area contributed by atoms with Gasteiger partial charge in [0.2, 0.25) is 0 Å². The van der Waals surface area contributed by atoms with Gasteiger partial charge in [0, 0.05) is 6.21 Å². The first-order valence-electron chi connectivity index (χ1n) is 9.15. The lowest BCUT2D eigenvalue weighted by molar-refractivity contribution is -0.118. The topological polar surface area (TPSA) is 77.0 Å². The highest BCUT2D eigenvalue weighted by atomic mass is 35.5. The Bertz CT molecular complexity index is 1120. The van der Waals surface area contributed by atoms with E-state index in [0.717, 1.165) is 0 Å². The smallest absolute Gasteiger partial charge is 0.337 e. The molecule has 0 unspecified atom stereocenters. The molecule has 0 saturated heterocycles. The average molecular weight is 441 g/mol. The Labute approximate surface area is 183 Å². The van der Waals surface area contributed by atoms with Crippen LogP contribution in [0.5, 0.6) is 5.75 Å². The second-order valence-electron chi connectivity index (χ2n) is 6.30. The van der Waals surface area contributed by atoms with Gasteiger partial charge in [-0.3, -0.25) is 9.79 Å². The molecule has 0 bridgehead atoms. The van der Waals surface area contributed by atoms with Crippen LogP contribution in [0.3, 0.4) is 0 Å². The van der Waals surface area contributed by atoms with Crippen LogP contribution < -0.4 is 10.1 Å². The molecule has 31 heavy (non-hydrogen) atoms. The third-order valence-electron chi connectivity index (χ3n) is 4.11. The summed E-state index contributed by atoms with van der Waals surface area (Å²) >= 11 is 6.22. The summed E-state index contributed by atoms with van der Waals surface area (Å²) in [4.78, 5) is 27.7. The fraction of sp³-hybridized carbons (Fsp3) is 0.0870. The number of nitrogens with one attached hydrogen (secondary N) is 1. The first kappa shape index (κ1) is 22.0. The molecule has 0 aliphatic rings. The van der Waals surface area contributed by atoms with Gasteiger partial charge in [-0.1, -0.05) is 23.7 Å². The van der Waals surface area contributed by atoms with Gasteiger partial charge in [0.25, 0.3) is 5.91 Å². The zero-order valence-corrected chi connectivity index (χ0v) is 17.2. The number of halogens is 2. The van der Waals surface area contributed by atoms with E-state index in [0.29, 0.717) is 27.6 Å². The van der Waals surface area contributed by atoms with E-state index >= 15 is 0 Å². The Balaban J connectivity index is 1.58. The first-order chi connectivity index (χ1) is 15.0. The number of hydrogen-bond acceptors (Lipinski definition) is 5. The quantitative estimate of drug-likeness (QED) is 0.412. The number of para-hydroxylation sites is 1. The van der Waals surface area contributed by atoms with Crippen molar-refractivity contribution in [2.45, 2.75) is 0 Å². The molecule has 0 spiro atoms. The van der Waals surface area contributed by atoms with Crippen molar-refractivity contribution in [1.29, 1.82) is 0 Å². The molecule has 0 aliphatic heterocycles. The van der Waals surface area contributed by atoms with Crippen LogP contribution in [0.2, 0.25) is 5.02 Å². The summed E-state index contributed by atoms with van der Waals surface area (Å²) in [5.74, 6) is -1.15. The van der Waals surface area contributed by atoms with Crippen LogP contribution in [0.25, 0.3) is 0 Å². The van der Waals surface area contributed by atoms with Crippen molar-refractivity contribution in [2.75, 3.05) is 19.0 Å². The lowest BCUT2D eigenvalue weighted by Gasteiger charge is -2.09. The SMILES string of the molecule is COC(=O)c1ccc(N=Cc2ccc(OCC(=O)Nc3ccccc3F)c(Cl)c2)cc1. The normalized spacial score (nSPS) is 10.7. The van der Waals surface area contributed by atoms with E-state index in [1.165, 1.54) is 25.3 Å². The average Bonchev–Trinajstić information content (AvgIpc) is 2.78. The summed E-state index contributed by atoms with van der Waals surface area (Å²) < 4.78 is 23.7.